The standard InChI is InChI=1S/C12H13F2N3/c1-7-12(15)8(2)17(16-7)6-9-10(13)4-3-5-11(9)14/h3-5H,6,15H2,1-2H3. The highest BCUT2D eigenvalue weighted by Crippen LogP contribution is 2.19. The van der Waals surface area contributed by atoms with Gasteiger partial charge in [0.05, 0.1) is 23.6 Å². The Morgan fingerprint density at radius 3 is 2.29 bits per heavy atom. The normalized spacial score (nSPS) is 10.8. The lowest BCUT2D eigenvalue weighted by Crippen LogP contribution is -2.08. The smallest absolute Gasteiger partial charge is 0.131 e. The van der Waals surface area contributed by atoms with Crippen LogP contribution >= 0.6 is 0 Å². The molecule has 1 aromatic heterocycles. The van der Waals surface area contributed by atoms with Gasteiger partial charge in [-0.25, -0.2) is 8.78 Å². The van der Waals surface area contributed by atoms with Crippen LogP contribution in [-0.4, -0.2) is 9.78 Å². The zero-order chi connectivity index (χ0) is 12.6. The fourth-order valence-electron chi connectivity index (χ4n) is 1.70. The molecule has 2 aromatic rings. The molecule has 0 amide bonds. The second kappa shape index (κ2) is 4.16. The minimum absolute atomic E-state index is 0.00176. The Hall–Kier alpha value is -1.91. The molecule has 2 N–H and O–H groups in total. The van der Waals surface area contributed by atoms with Crippen molar-refractivity contribution in [3.8, 4) is 0 Å². The van der Waals surface area contributed by atoms with Gasteiger partial charge in [0.25, 0.3) is 0 Å². The third-order valence-electron chi connectivity index (χ3n) is 2.81. The maximum absolute atomic E-state index is 13.5. The van der Waals surface area contributed by atoms with Crippen LogP contribution in [0.2, 0.25) is 0 Å². The molecule has 0 saturated heterocycles. The Balaban J connectivity index is 2.41. The highest BCUT2D eigenvalue weighted by molar-refractivity contribution is 5.47. The van der Waals surface area contributed by atoms with Gasteiger partial charge in [-0.1, -0.05) is 6.07 Å². The lowest BCUT2D eigenvalue weighted by atomic mass is 10.2. The number of hydrogen-bond acceptors (Lipinski definition) is 2. The van der Waals surface area contributed by atoms with Crippen molar-refractivity contribution in [1.29, 1.82) is 0 Å². The SMILES string of the molecule is Cc1nn(Cc2c(F)cccc2F)c(C)c1N. The average molecular weight is 237 g/mol. The fraction of sp³-hybridized carbons (Fsp3) is 0.250. The summed E-state index contributed by atoms with van der Waals surface area (Å²) in [7, 11) is 0. The zero-order valence-electron chi connectivity index (χ0n) is 9.67. The molecule has 0 saturated carbocycles. The molecule has 0 aliphatic heterocycles. The number of benzene rings is 1. The van der Waals surface area contributed by atoms with Gasteiger partial charge in [0.1, 0.15) is 11.6 Å². The van der Waals surface area contributed by atoms with Crippen molar-refractivity contribution in [2.45, 2.75) is 20.4 Å². The molecular weight excluding hydrogens is 224 g/mol. The van der Waals surface area contributed by atoms with Crippen LogP contribution in [0.4, 0.5) is 14.5 Å². The maximum atomic E-state index is 13.5. The summed E-state index contributed by atoms with van der Waals surface area (Å²) in [5.41, 5.74) is 7.70. The van der Waals surface area contributed by atoms with Crippen LogP contribution in [-0.2, 0) is 6.54 Å². The molecule has 90 valence electrons. The number of halogens is 2. The molecule has 0 radical (unpaired) electrons. The minimum Gasteiger partial charge on any atom is -0.396 e. The first-order chi connectivity index (χ1) is 8.00. The number of rotatable bonds is 2. The van der Waals surface area contributed by atoms with E-state index < -0.39 is 11.6 Å². The summed E-state index contributed by atoms with van der Waals surface area (Å²) in [6.07, 6.45) is 0. The van der Waals surface area contributed by atoms with Crippen LogP contribution in [0.15, 0.2) is 18.2 Å². The van der Waals surface area contributed by atoms with Gasteiger partial charge in [-0.05, 0) is 26.0 Å². The molecule has 0 aliphatic rings. The van der Waals surface area contributed by atoms with E-state index in [1.807, 2.05) is 0 Å². The van der Waals surface area contributed by atoms with Crippen LogP contribution in [0, 0.1) is 25.5 Å². The Kier molecular flexibility index (Phi) is 2.83. The summed E-state index contributed by atoms with van der Waals surface area (Å²) in [6, 6.07) is 3.80. The first-order valence-corrected chi connectivity index (χ1v) is 5.23. The molecule has 2 rings (SSSR count). The van der Waals surface area contributed by atoms with E-state index in [1.54, 1.807) is 13.8 Å². The second-order valence-corrected chi connectivity index (χ2v) is 3.94. The van der Waals surface area contributed by atoms with Crippen molar-refractivity contribution in [3.63, 3.8) is 0 Å². The van der Waals surface area contributed by atoms with Crippen molar-refractivity contribution >= 4 is 5.69 Å². The first kappa shape index (κ1) is 11.6. The molecular formula is C12H13F2N3. The van der Waals surface area contributed by atoms with Crippen LogP contribution in [0.3, 0.4) is 0 Å². The monoisotopic (exact) mass is 237 g/mol. The van der Waals surface area contributed by atoms with Crippen LogP contribution in [0.25, 0.3) is 0 Å². The number of nitrogens with two attached hydrogens (primary N) is 1. The third-order valence-corrected chi connectivity index (χ3v) is 2.81. The van der Waals surface area contributed by atoms with E-state index in [0.29, 0.717) is 17.1 Å². The Bertz CT molecular complexity index is 541. The molecule has 1 aromatic carbocycles. The van der Waals surface area contributed by atoms with Crippen LogP contribution in [0.5, 0.6) is 0 Å². The summed E-state index contributed by atoms with van der Waals surface area (Å²) in [6.45, 7) is 3.58. The lowest BCUT2D eigenvalue weighted by molar-refractivity contribution is 0.528. The van der Waals surface area contributed by atoms with Crippen molar-refractivity contribution in [2.24, 2.45) is 0 Å². The molecule has 0 unspecified atom stereocenters. The number of aryl methyl sites for hydroxylation is 1. The Labute approximate surface area is 97.9 Å². The molecule has 0 aliphatic carbocycles. The maximum Gasteiger partial charge on any atom is 0.131 e. The molecule has 17 heavy (non-hydrogen) atoms. The van der Waals surface area contributed by atoms with Crippen LogP contribution < -0.4 is 5.73 Å². The van der Waals surface area contributed by atoms with E-state index in [-0.39, 0.29) is 12.1 Å². The van der Waals surface area contributed by atoms with E-state index in [1.165, 1.54) is 22.9 Å². The summed E-state index contributed by atoms with van der Waals surface area (Å²) < 4.78 is 28.4. The van der Waals surface area contributed by atoms with Crippen molar-refractivity contribution in [2.75, 3.05) is 5.73 Å². The first-order valence-electron chi connectivity index (χ1n) is 5.23. The number of nitrogen functional groups attached to an aromatic ring is 1. The largest absolute Gasteiger partial charge is 0.396 e. The van der Waals surface area contributed by atoms with Gasteiger partial charge in [0.15, 0.2) is 0 Å². The van der Waals surface area contributed by atoms with Crippen molar-refractivity contribution < 1.29 is 8.78 Å². The minimum atomic E-state index is -0.573. The van der Waals surface area contributed by atoms with Gasteiger partial charge in [-0.15, -0.1) is 0 Å². The van der Waals surface area contributed by atoms with Gasteiger partial charge in [0, 0.05) is 5.56 Å². The molecule has 0 atom stereocenters. The fourth-order valence-corrected chi connectivity index (χ4v) is 1.70. The number of anilines is 1. The highest BCUT2D eigenvalue weighted by atomic mass is 19.1. The topological polar surface area (TPSA) is 43.8 Å². The number of nitrogens with zero attached hydrogens (tertiary/aromatic N) is 2. The molecule has 1 heterocycles. The molecule has 0 spiro atoms. The summed E-state index contributed by atoms with van der Waals surface area (Å²) in [5.74, 6) is -1.15. The predicted octanol–water partition coefficient (Wildman–Crippen LogP) is 2.41. The van der Waals surface area contributed by atoms with Crippen LogP contribution in [0.1, 0.15) is 17.0 Å². The Morgan fingerprint density at radius 1 is 1.24 bits per heavy atom. The quantitative estimate of drug-likeness (QED) is 0.871. The predicted molar refractivity (Wildman–Crippen MR) is 61.6 cm³/mol. The lowest BCUT2D eigenvalue weighted by Gasteiger charge is -2.07. The molecule has 0 fully saturated rings. The zero-order valence-corrected chi connectivity index (χ0v) is 9.67. The Morgan fingerprint density at radius 2 is 1.82 bits per heavy atom. The van der Waals surface area contributed by atoms with E-state index in [0.717, 1.165) is 0 Å². The van der Waals surface area contributed by atoms with Gasteiger partial charge in [-0.2, -0.15) is 5.10 Å². The molecule has 3 nitrogen and oxygen atoms in total. The van der Waals surface area contributed by atoms with Gasteiger partial charge >= 0.3 is 0 Å². The van der Waals surface area contributed by atoms with Gasteiger partial charge < -0.3 is 5.73 Å². The number of hydrogen-bond donors (Lipinski definition) is 1. The van der Waals surface area contributed by atoms with E-state index >= 15 is 0 Å². The summed E-state index contributed by atoms with van der Waals surface area (Å²) in [5, 5.41) is 4.15. The third kappa shape index (κ3) is 2.00. The average Bonchev–Trinajstić information content (AvgIpc) is 2.52. The van der Waals surface area contributed by atoms with E-state index in [2.05, 4.69) is 5.10 Å². The summed E-state index contributed by atoms with van der Waals surface area (Å²) in [4.78, 5) is 0. The second-order valence-electron chi connectivity index (χ2n) is 3.94. The van der Waals surface area contributed by atoms with E-state index in [4.69, 9.17) is 5.73 Å². The summed E-state index contributed by atoms with van der Waals surface area (Å²) >= 11 is 0. The van der Waals surface area contributed by atoms with Gasteiger partial charge in [0.2, 0.25) is 0 Å². The molecule has 0 bridgehead atoms. The molecule has 5 heteroatoms. The van der Waals surface area contributed by atoms with E-state index in [9.17, 15) is 8.78 Å². The van der Waals surface area contributed by atoms with Crippen molar-refractivity contribution in [3.05, 3.63) is 46.8 Å². The van der Waals surface area contributed by atoms with Crippen molar-refractivity contribution in [1.82, 2.24) is 9.78 Å². The number of aromatic nitrogens is 2. The highest BCUT2D eigenvalue weighted by Gasteiger charge is 2.13. The van der Waals surface area contributed by atoms with Gasteiger partial charge in [-0.3, -0.25) is 4.68 Å².